The Kier molecular flexibility index (Phi) is 13.1. The van der Waals surface area contributed by atoms with Crippen LogP contribution in [0.5, 0.6) is 0 Å². The number of rotatable bonds is 3. The molecule has 0 fully saturated rings. The first kappa shape index (κ1) is 21.8. The fraction of sp³-hybridized carbons (Fsp3) is 0.600. The maximum atomic E-state index is 2.36. The van der Waals surface area contributed by atoms with Crippen LogP contribution in [-0.2, 0) is 0 Å². The smallest absolute Gasteiger partial charge is 0 e. The van der Waals surface area contributed by atoms with E-state index in [4.69, 9.17) is 0 Å². The molecule has 0 aliphatic heterocycles. The molecule has 0 aromatic heterocycles. The van der Waals surface area contributed by atoms with Crippen molar-refractivity contribution in [2.45, 2.75) is 59.3 Å². The SMILES string of the molecule is CC(C)c1cc(C(C)C)cc(C(C)C)c1.[K].[K]. The van der Waals surface area contributed by atoms with E-state index in [-0.39, 0.29) is 103 Å². The summed E-state index contributed by atoms with van der Waals surface area (Å²) in [6.07, 6.45) is 0. The minimum Gasteiger partial charge on any atom is -0.0587 e. The standard InChI is InChI=1S/C15H24.2K/c1-10(2)13-7-14(11(3)4)9-15(8-13)12(5)6;;/h7-12H,1-6H3;;. The van der Waals surface area contributed by atoms with Crippen LogP contribution in [0.3, 0.4) is 0 Å². The molecule has 2 radical (unpaired) electrons. The van der Waals surface area contributed by atoms with Gasteiger partial charge in [0.1, 0.15) is 0 Å². The van der Waals surface area contributed by atoms with Gasteiger partial charge in [0.25, 0.3) is 0 Å². The monoisotopic (exact) mass is 282 g/mol. The van der Waals surface area contributed by atoms with Crippen LogP contribution in [0.2, 0.25) is 0 Å². The quantitative estimate of drug-likeness (QED) is 0.725. The van der Waals surface area contributed by atoms with E-state index in [0.717, 1.165) is 0 Å². The molecule has 0 nitrogen and oxygen atoms in total. The molecule has 0 atom stereocenters. The predicted molar refractivity (Wildman–Crippen MR) is 80.2 cm³/mol. The van der Waals surface area contributed by atoms with E-state index in [1.807, 2.05) is 0 Å². The molecule has 0 saturated carbocycles. The Morgan fingerprint density at radius 3 is 0.824 bits per heavy atom. The van der Waals surface area contributed by atoms with Gasteiger partial charge < -0.3 is 0 Å². The fourth-order valence-electron chi connectivity index (χ4n) is 1.70. The van der Waals surface area contributed by atoms with Crippen LogP contribution >= 0.6 is 0 Å². The molecular weight excluding hydrogens is 258 g/mol. The van der Waals surface area contributed by atoms with Gasteiger partial charge in [-0.3, -0.25) is 0 Å². The van der Waals surface area contributed by atoms with Crippen LogP contribution in [0.15, 0.2) is 18.2 Å². The zero-order chi connectivity index (χ0) is 11.6. The molecule has 17 heavy (non-hydrogen) atoms. The Hall–Kier alpha value is 2.49. The molecule has 1 rings (SSSR count). The molecule has 0 spiro atoms. The molecule has 86 valence electrons. The molecule has 0 N–H and O–H groups in total. The van der Waals surface area contributed by atoms with E-state index in [1.54, 1.807) is 0 Å². The molecule has 0 heterocycles. The van der Waals surface area contributed by atoms with Crippen molar-refractivity contribution in [3.63, 3.8) is 0 Å². The Bertz CT molecular complexity index is 263. The summed E-state index contributed by atoms with van der Waals surface area (Å²) in [5.74, 6) is 1.88. The summed E-state index contributed by atoms with van der Waals surface area (Å²) in [5, 5.41) is 0. The van der Waals surface area contributed by atoms with Gasteiger partial charge in [-0.15, -0.1) is 0 Å². The normalized spacial score (nSPS) is 10.4. The summed E-state index contributed by atoms with van der Waals surface area (Å²) in [6, 6.07) is 7.09. The maximum Gasteiger partial charge on any atom is 0 e. The second-order valence-corrected chi connectivity index (χ2v) is 5.40. The number of benzene rings is 1. The van der Waals surface area contributed by atoms with Gasteiger partial charge in [0.2, 0.25) is 0 Å². The summed E-state index contributed by atoms with van der Waals surface area (Å²) < 4.78 is 0. The molecule has 0 aliphatic carbocycles. The first-order valence-electron chi connectivity index (χ1n) is 6.06. The number of hydrogen-bond acceptors (Lipinski definition) is 0. The molecule has 0 unspecified atom stereocenters. The third-order valence-corrected chi connectivity index (χ3v) is 3.00. The van der Waals surface area contributed by atoms with Gasteiger partial charge in [-0.25, -0.2) is 0 Å². The van der Waals surface area contributed by atoms with Gasteiger partial charge in [0.15, 0.2) is 0 Å². The zero-order valence-corrected chi connectivity index (χ0v) is 19.2. The van der Waals surface area contributed by atoms with Crippen molar-refractivity contribution in [1.29, 1.82) is 0 Å². The zero-order valence-electron chi connectivity index (χ0n) is 13.0. The van der Waals surface area contributed by atoms with E-state index in [9.17, 15) is 0 Å². The molecule has 1 aromatic rings. The second kappa shape index (κ2) is 10.3. The van der Waals surface area contributed by atoms with Crippen molar-refractivity contribution in [2.24, 2.45) is 0 Å². The van der Waals surface area contributed by atoms with Crippen molar-refractivity contribution in [3.8, 4) is 0 Å². The Labute approximate surface area is 193 Å². The van der Waals surface area contributed by atoms with Crippen molar-refractivity contribution < 1.29 is 0 Å². The van der Waals surface area contributed by atoms with Gasteiger partial charge in [-0.1, -0.05) is 59.7 Å². The van der Waals surface area contributed by atoms with E-state index >= 15 is 0 Å². The van der Waals surface area contributed by atoms with Crippen LogP contribution < -0.4 is 0 Å². The maximum absolute atomic E-state index is 2.36. The van der Waals surface area contributed by atoms with Crippen LogP contribution in [0, 0.1) is 0 Å². The molecule has 2 heteroatoms. The molecule has 0 saturated heterocycles. The third-order valence-electron chi connectivity index (χ3n) is 3.00. The van der Waals surface area contributed by atoms with Gasteiger partial charge in [0, 0.05) is 103 Å². The van der Waals surface area contributed by atoms with Crippen LogP contribution in [-0.4, -0.2) is 103 Å². The van der Waals surface area contributed by atoms with Crippen LogP contribution in [0.4, 0.5) is 0 Å². The summed E-state index contributed by atoms with van der Waals surface area (Å²) in [6.45, 7) is 13.6. The third kappa shape index (κ3) is 7.17. The van der Waals surface area contributed by atoms with E-state index < -0.39 is 0 Å². The topological polar surface area (TPSA) is 0 Å². The molecule has 0 bridgehead atoms. The first-order valence-corrected chi connectivity index (χ1v) is 6.06. The fourth-order valence-corrected chi connectivity index (χ4v) is 1.70. The Balaban J connectivity index is 0. The largest absolute Gasteiger partial charge is 0.0587 e. The van der Waals surface area contributed by atoms with Crippen molar-refractivity contribution in [2.75, 3.05) is 0 Å². The van der Waals surface area contributed by atoms with Crippen LogP contribution in [0.1, 0.15) is 76.0 Å². The average molecular weight is 283 g/mol. The molecular formula is C15H24K2. The Morgan fingerprint density at radius 2 is 0.706 bits per heavy atom. The minimum atomic E-state index is 0. The predicted octanol–water partition coefficient (Wildman–Crippen LogP) is 4.30. The summed E-state index contributed by atoms with van der Waals surface area (Å²) >= 11 is 0. The van der Waals surface area contributed by atoms with Gasteiger partial charge in [-0.05, 0) is 34.4 Å². The molecule has 0 aliphatic rings. The molecule has 0 amide bonds. The number of hydrogen-bond donors (Lipinski definition) is 0. The van der Waals surface area contributed by atoms with Crippen molar-refractivity contribution >= 4 is 103 Å². The van der Waals surface area contributed by atoms with Gasteiger partial charge >= 0.3 is 0 Å². The Morgan fingerprint density at radius 1 is 0.529 bits per heavy atom. The average Bonchev–Trinajstić information content (AvgIpc) is 2.16. The second-order valence-electron chi connectivity index (χ2n) is 5.40. The van der Waals surface area contributed by atoms with Crippen molar-refractivity contribution in [3.05, 3.63) is 34.9 Å². The summed E-state index contributed by atoms with van der Waals surface area (Å²) in [5.41, 5.74) is 4.43. The van der Waals surface area contributed by atoms with E-state index in [0.29, 0.717) is 17.8 Å². The van der Waals surface area contributed by atoms with E-state index in [1.165, 1.54) is 16.7 Å². The van der Waals surface area contributed by atoms with Gasteiger partial charge in [0.05, 0.1) is 0 Å². The first-order chi connectivity index (χ1) is 6.91. The summed E-state index contributed by atoms with van der Waals surface area (Å²) in [7, 11) is 0. The van der Waals surface area contributed by atoms with Gasteiger partial charge in [-0.2, -0.15) is 0 Å². The van der Waals surface area contributed by atoms with Crippen LogP contribution in [0.25, 0.3) is 0 Å². The van der Waals surface area contributed by atoms with E-state index in [2.05, 4.69) is 59.7 Å². The minimum absolute atomic E-state index is 0. The summed E-state index contributed by atoms with van der Waals surface area (Å²) in [4.78, 5) is 0. The molecule has 1 aromatic carbocycles. The van der Waals surface area contributed by atoms with Crippen molar-refractivity contribution in [1.82, 2.24) is 0 Å².